The van der Waals surface area contributed by atoms with Gasteiger partial charge < -0.3 is 15.7 Å². The summed E-state index contributed by atoms with van der Waals surface area (Å²) in [6.45, 7) is 2.17. The Kier molecular flexibility index (Phi) is 4.70. The van der Waals surface area contributed by atoms with Gasteiger partial charge in [0.1, 0.15) is 0 Å². The topological polar surface area (TPSA) is 92.3 Å². The van der Waals surface area contributed by atoms with Gasteiger partial charge in [0.05, 0.1) is 6.10 Å². The molecule has 3 fully saturated rings. The zero-order valence-corrected chi connectivity index (χ0v) is 9.43. The average molecular weight is 231 g/mol. The van der Waals surface area contributed by atoms with E-state index in [-0.39, 0.29) is 24.0 Å². The lowest BCUT2D eigenvalue weighted by Gasteiger charge is -2.49. The average Bonchev–Trinajstić information content (AvgIpc) is 2.22. The molecule has 5 heteroatoms. The number of aliphatic hydroxyl groups excluding tert-OH is 1. The second kappa shape index (κ2) is 5.61. The number of carboxylic acid groups (broad SMARTS) is 1. The first-order valence-corrected chi connectivity index (χ1v) is 5.82. The van der Waals surface area contributed by atoms with Crippen molar-refractivity contribution in [2.24, 2.45) is 5.92 Å². The maximum absolute atomic E-state index is 10.4. The van der Waals surface area contributed by atoms with Crippen molar-refractivity contribution in [3.63, 3.8) is 0 Å². The van der Waals surface area contributed by atoms with Gasteiger partial charge >= 0.3 is 5.97 Å². The van der Waals surface area contributed by atoms with Gasteiger partial charge in [-0.15, -0.1) is 0 Å². The SMILES string of the molecule is O.O=C(O)CCCC1C(O)C2CCN1CC2. The summed E-state index contributed by atoms with van der Waals surface area (Å²) in [6, 6.07) is 0.219. The van der Waals surface area contributed by atoms with Crippen molar-refractivity contribution in [3.05, 3.63) is 0 Å². The van der Waals surface area contributed by atoms with Gasteiger partial charge in [0.15, 0.2) is 0 Å². The molecule has 0 aromatic rings. The van der Waals surface area contributed by atoms with Gasteiger partial charge in [-0.1, -0.05) is 0 Å². The number of fused-ring (bicyclic) bond motifs is 3. The minimum atomic E-state index is -0.736. The highest BCUT2D eigenvalue weighted by atomic mass is 16.4. The molecular weight excluding hydrogens is 210 g/mol. The Labute approximate surface area is 95.4 Å². The summed E-state index contributed by atoms with van der Waals surface area (Å²) in [4.78, 5) is 12.7. The third-order valence-electron chi connectivity index (χ3n) is 3.81. The van der Waals surface area contributed by atoms with Crippen LogP contribution in [0.2, 0.25) is 0 Å². The van der Waals surface area contributed by atoms with E-state index in [1.165, 1.54) is 0 Å². The third kappa shape index (κ3) is 2.72. The largest absolute Gasteiger partial charge is 0.481 e. The molecule has 3 rings (SSSR count). The molecule has 3 aliphatic rings. The van der Waals surface area contributed by atoms with Crippen LogP contribution in [0.1, 0.15) is 32.1 Å². The lowest BCUT2D eigenvalue weighted by molar-refractivity contribution is -0.137. The maximum Gasteiger partial charge on any atom is 0.303 e. The van der Waals surface area contributed by atoms with Crippen LogP contribution in [-0.2, 0) is 4.79 Å². The Morgan fingerprint density at radius 2 is 1.94 bits per heavy atom. The van der Waals surface area contributed by atoms with Gasteiger partial charge in [-0.25, -0.2) is 0 Å². The van der Waals surface area contributed by atoms with E-state index in [0.717, 1.165) is 32.4 Å². The molecular formula is C11H21NO4. The van der Waals surface area contributed by atoms with Crippen LogP contribution in [-0.4, -0.2) is 51.8 Å². The number of piperidine rings is 3. The van der Waals surface area contributed by atoms with Crippen molar-refractivity contribution in [1.82, 2.24) is 4.90 Å². The first-order valence-electron chi connectivity index (χ1n) is 5.82. The molecule has 2 unspecified atom stereocenters. The lowest BCUT2D eigenvalue weighted by atomic mass is 9.79. The number of hydrogen-bond donors (Lipinski definition) is 2. The van der Waals surface area contributed by atoms with Gasteiger partial charge in [0.25, 0.3) is 0 Å². The van der Waals surface area contributed by atoms with Crippen molar-refractivity contribution < 1.29 is 20.5 Å². The lowest BCUT2D eigenvalue weighted by Crippen LogP contribution is -2.57. The van der Waals surface area contributed by atoms with Crippen LogP contribution in [0, 0.1) is 5.92 Å². The van der Waals surface area contributed by atoms with Crippen LogP contribution in [0.3, 0.4) is 0 Å². The number of carbonyl (C=O) groups is 1. The maximum atomic E-state index is 10.4. The highest BCUT2D eigenvalue weighted by molar-refractivity contribution is 5.66. The minimum Gasteiger partial charge on any atom is -0.481 e. The zero-order chi connectivity index (χ0) is 10.8. The van der Waals surface area contributed by atoms with Crippen LogP contribution < -0.4 is 0 Å². The Bertz CT molecular complexity index is 236. The van der Waals surface area contributed by atoms with Crippen LogP contribution in [0.4, 0.5) is 0 Å². The highest BCUT2D eigenvalue weighted by Gasteiger charge is 2.40. The molecule has 3 heterocycles. The predicted octanol–water partition coefficient (Wildman–Crippen LogP) is -0.128. The van der Waals surface area contributed by atoms with Crippen molar-refractivity contribution in [2.75, 3.05) is 13.1 Å². The van der Waals surface area contributed by atoms with Gasteiger partial charge in [-0.3, -0.25) is 9.69 Å². The van der Waals surface area contributed by atoms with E-state index < -0.39 is 5.97 Å². The summed E-state index contributed by atoms with van der Waals surface area (Å²) in [6.07, 6.45) is 3.72. The van der Waals surface area contributed by atoms with Crippen LogP contribution in [0.5, 0.6) is 0 Å². The Balaban J connectivity index is 0.00000128. The fourth-order valence-corrected chi connectivity index (χ4v) is 2.94. The fraction of sp³-hybridized carbons (Fsp3) is 0.909. The van der Waals surface area contributed by atoms with E-state index in [4.69, 9.17) is 5.11 Å². The normalized spacial score (nSPS) is 36.8. The molecule has 0 aromatic carbocycles. The summed E-state index contributed by atoms with van der Waals surface area (Å²) in [5, 5.41) is 18.6. The van der Waals surface area contributed by atoms with E-state index >= 15 is 0 Å². The van der Waals surface area contributed by atoms with Gasteiger partial charge in [0, 0.05) is 12.5 Å². The van der Waals surface area contributed by atoms with Crippen molar-refractivity contribution in [1.29, 1.82) is 0 Å². The Hall–Kier alpha value is -0.650. The molecule has 0 spiro atoms. The molecule has 2 bridgehead atoms. The van der Waals surface area contributed by atoms with Crippen molar-refractivity contribution in [3.8, 4) is 0 Å². The molecule has 0 amide bonds. The molecule has 0 aromatic heterocycles. The van der Waals surface area contributed by atoms with Crippen LogP contribution in [0.15, 0.2) is 0 Å². The van der Waals surface area contributed by atoms with E-state index in [2.05, 4.69) is 4.90 Å². The van der Waals surface area contributed by atoms with Gasteiger partial charge in [-0.2, -0.15) is 0 Å². The van der Waals surface area contributed by atoms with E-state index in [1.807, 2.05) is 0 Å². The first-order chi connectivity index (χ1) is 7.18. The van der Waals surface area contributed by atoms with E-state index in [1.54, 1.807) is 0 Å². The number of hydrogen-bond acceptors (Lipinski definition) is 3. The molecule has 0 radical (unpaired) electrons. The van der Waals surface area contributed by atoms with E-state index in [0.29, 0.717) is 12.3 Å². The van der Waals surface area contributed by atoms with E-state index in [9.17, 15) is 9.90 Å². The molecule has 3 saturated heterocycles. The minimum absolute atomic E-state index is 0. The molecule has 3 aliphatic heterocycles. The van der Waals surface area contributed by atoms with Crippen molar-refractivity contribution in [2.45, 2.75) is 44.2 Å². The summed E-state index contributed by atoms with van der Waals surface area (Å²) in [5.41, 5.74) is 0. The third-order valence-corrected chi connectivity index (χ3v) is 3.81. The summed E-state index contributed by atoms with van der Waals surface area (Å²) in [7, 11) is 0. The molecule has 5 nitrogen and oxygen atoms in total. The predicted molar refractivity (Wildman–Crippen MR) is 59.2 cm³/mol. The standard InChI is InChI=1S/C11H19NO3.H2O/c13-10(14)3-1-2-9-11(15)8-4-6-12(9)7-5-8;/h8-9,11,15H,1-7H2,(H,13,14);1H2. The molecule has 2 atom stereocenters. The first kappa shape index (κ1) is 13.4. The highest BCUT2D eigenvalue weighted by Crippen LogP contribution is 2.34. The van der Waals surface area contributed by atoms with Gasteiger partial charge in [-0.05, 0) is 44.7 Å². The second-order valence-electron chi connectivity index (χ2n) is 4.72. The Morgan fingerprint density at radius 1 is 1.31 bits per heavy atom. The Morgan fingerprint density at radius 3 is 2.44 bits per heavy atom. The number of nitrogens with zero attached hydrogens (tertiary/aromatic N) is 1. The monoisotopic (exact) mass is 231 g/mol. The van der Waals surface area contributed by atoms with Crippen LogP contribution >= 0.6 is 0 Å². The summed E-state index contributed by atoms with van der Waals surface area (Å²) < 4.78 is 0. The summed E-state index contributed by atoms with van der Waals surface area (Å²) >= 11 is 0. The molecule has 94 valence electrons. The summed E-state index contributed by atoms with van der Waals surface area (Å²) in [5.74, 6) is -0.273. The number of aliphatic carboxylic acids is 1. The number of carboxylic acids is 1. The zero-order valence-electron chi connectivity index (χ0n) is 9.43. The molecule has 0 aliphatic carbocycles. The smallest absolute Gasteiger partial charge is 0.303 e. The quantitative estimate of drug-likeness (QED) is 0.705. The fourth-order valence-electron chi connectivity index (χ4n) is 2.94. The van der Waals surface area contributed by atoms with Crippen LogP contribution in [0.25, 0.3) is 0 Å². The molecule has 0 saturated carbocycles. The second-order valence-corrected chi connectivity index (χ2v) is 4.72. The molecule has 4 N–H and O–H groups in total. The molecule has 16 heavy (non-hydrogen) atoms. The number of aliphatic hydroxyl groups is 1. The van der Waals surface area contributed by atoms with Crippen molar-refractivity contribution >= 4 is 5.97 Å². The van der Waals surface area contributed by atoms with Gasteiger partial charge in [0.2, 0.25) is 0 Å². The number of rotatable bonds is 4.